The summed E-state index contributed by atoms with van der Waals surface area (Å²) >= 11 is 0. The summed E-state index contributed by atoms with van der Waals surface area (Å²) in [6.07, 6.45) is -0.691. The van der Waals surface area contributed by atoms with E-state index in [1.807, 2.05) is 30.3 Å². The van der Waals surface area contributed by atoms with Crippen LogP contribution in [0.25, 0.3) is 11.3 Å². The Hall–Kier alpha value is -4.05. The molecule has 10 heteroatoms. The molecule has 0 aliphatic rings. The second kappa shape index (κ2) is 10.7. The van der Waals surface area contributed by atoms with E-state index in [1.54, 1.807) is 14.1 Å². The van der Waals surface area contributed by atoms with Crippen molar-refractivity contribution >= 4 is 17.3 Å². The van der Waals surface area contributed by atoms with Crippen molar-refractivity contribution in [2.75, 3.05) is 19.4 Å². The summed E-state index contributed by atoms with van der Waals surface area (Å²) in [6.45, 7) is 0.415. The number of benzene rings is 2. The molecule has 3 aromatic rings. The Morgan fingerprint density at radius 3 is 2.50 bits per heavy atom. The Kier molecular flexibility index (Phi) is 7.75. The first-order chi connectivity index (χ1) is 16.2. The van der Waals surface area contributed by atoms with Gasteiger partial charge in [0, 0.05) is 23.7 Å². The zero-order valence-electron chi connectivity index (χ0n) is 18.5. The average Bonchev–Trinajstić information content (AvgIpc) is 2.83. The van der Waals surface area contributed by atoms with Crippen molar-refractivity contribution in [3.8, 4) is 11.3 Å². The first-order valence-electron chi connectivity index (χ1n) is 10.3. The van der Waals surface area contributed by atoms with Crippen molar-refractivity contribution < 1.29 is 18.0 Å². The van der Waals surface area contributed by atoms with E-state index in [-0.39, 0.29) is 11.3 Å². The summed E-state index contributed by atoms with van der Waals surface area (Å²) in [7, 11) is 3.32. The summed E-state index contributed by atoms with van der Waals surface area (Å²) in [5.41, 5.74) is -0.307. The molecule has 0 aliphatic heterocycles. The summed E-state index contributed by atoms with van der Waals surface area (Å²) in [5.74, 6) is -0.136. The van der Waals surface area contributed by atoms with Gasteiger partial charge in [-0.3, -0.25) is 4.79 Å². The first kappa shape index (κ1) is 24.6. The molecule has 0 fully saturated rings. The number of nitrogens with one attached hydrogen (secondary N) is 4. The largest absolute Gasteiger partial charge is 0.417 e. The fourth-order valence-corrected chi connectivity index (χ4v) is 3.18. The van der Waals surface area contributed by atoms with E-state index >= 15 is 0 Å². The maximum atomic E-state index is 13.5. The molecule has 0 unspecified atom stereocenters. The van der Waals surface area contributed by atoms with Gasteiger partial charge in [0.05, 0.1) is 35.4 Å². The maximum absolute atomic E-state index is 13.5. The second-order valence-electron chi connectivity index (χ2n) is 7.19. The molecule has 0 bridgehead atoms. The molecule has 34 heavy (non-hydrogen) atoms. The molecule has 2 aromatic carbocycles. The van der Waals surface area contributed by atoms with Gasteiger partial charge >= 0.3 is 6.18 Å². The van der Waals surface area contributed by atoms with E-state index < -0.39 is 23.2 Å². The molecule has 176 valence electrons. The summed E-state index contributed by atoms with van der Waals surface area (Å²) in [6, 6.07) is 12.1. The molecule has 1 amide bonds. The van der Waals surface area contributed by atoms with Crippen molar-refractivity contribution in [1.29, 1.82) is 5.41 Å². The molecule has 0 aliphatic carbocycles. The Labute approximate surface area is 194 Å². The van der Waals surface area contributed by atoms with E-state index in [1.165, 1.54) is 18.5 Å². The third kappa shape index (κ3) is 5.84. The maximum Gasteiger partial charge on any atom is 0.417 e. The number of rotatable bonds is 8. The fourth-order valence-electron chi connectivity index (χ4n) is 3.18. The van der Waals surface area contributed by atoms with Crippen LogP contribution < -0.4 is 16.0 Å². The number of allylic oxidation sites excluding steroid dienone is 1. The van der Waals surface area contributed by atoms with Gasteiger partial charge in [-0.2, -0.15) is 13.2 Å². The Morgan fingerprint density at radius 1 is 1.12 bits per heavy atom. The molecule has 0 atom stereocenters. The zero-order chi connectivity index (χ0) is 24.7. The van der Waals surface area contributed by atoms with Crippen LogP contribution in [0.2, 0.25) is 0 Å². The van der Waals surface area contributed by atoms with Crippen molar-refractivity contribution in [1.82, 2.24) is 20.6 Å². The first-order valence-corrected chi connectivity index (χ1v) is 10.3. The SMILES string of the molecule is CN/C=C\C(=N)c1cc(C(=O)Nc2cnc(CNC)nc2-c2ccccc2)ccc1C(F)(F)F. The van der Waals surface area contributed by atoms with Crippen molar-refractivity contribution in [2.24, 2.45) is 0 Å². The van der Waals surface area contributed by atoms with Gasteiger partial charge in [0.25, 0.3) is 5.91 Å². The number of nitrogens with zero attached hydrogens (tertiary/aromatic N) is 2. The van der Waals surface area contributed by atoms with Crippen LogP contribution >= 0.6 is 0 Å². The fraction of sp³-hybridized carbons (Fsp3) is 0.167. The van der Waals surface area contributed by atoms with Crippen molar-refractivity contribution in [3.63, 3.8) is 0 Å². The highest BCUT2D eigenvalue weighted by molar-refractivity contribution is 6.11. The monoisotopic (exact) mass is 468 g/mol. The van der Waals surface area contributed by atoms with Crippen molar-refractivity contribution in [2.45, 2.75) is 12.7 Å². The van der Waals surface area contributed by atoms with Crippen LogP contribution in [-0.4, -0.2) is 35.7 Å². The average molecular weight is 468 g/mol. The van der Waals surface area contributed by atoms with Crippen LogP contribution in [-0.2, 0) is 12.7 Å². The number of carbonyl (C=O) groups is 1. The molecule has 0 saturated carbocycles. The lowest BCUT2D eigenvalue weighted by molar-refractivity contribution is -0.137. The highest BCUT2D eigenvalue weighted by Gasteiger charge is 2.34. The number of hydrogen-bond donors (Lipinski definition) is 4. The van der Waals surface area contributed by atoms with Crippen LogP contribution in [0.3, 0.4) is 0 Å². The van der Waals surface area contributed by atoms with Gasteiger partial charge in [-0.1, -0.05) is 30.3 Å². The lowest BCUT2D eigenvalue weighted by Gasteiger charge is -2.15. The number of carbonyl (C=O) groups excluding carboxylic acids is 1. The lowest BCUT2D eigenvalue weighted by atomic mass is 9.98. The summed E-state index contributed by atoms with van der Waals surface area (Å²) in [4.78, 5) is 21.8. The van der Waals surface area contributed by atoms with E-state index in [0.29, 0.717) is 23.8 Å². The Balaban J connectivity index is 2.00. The normalized spacial score (nSPS) is 11.4. The van der Waals surface area contributed by atoms with Crippen LogP contribution in [0.5, 0.6) is 0 Å². The molecule has 3 rings (SSSR count). The smallest absolute Gasteiger partial charge is 0.394 e. The van der Waals surface area contributed by atoms with Crippen LogP contribution in [0.1, 0.15) is 27.3 Å². The van der Waals surface area contributed by atoms with Crippen LogP contribution in [0.15, 0.2) is 67.0 Å². The number of anilines is 1. The number of hydrogen-bond acceptors (Lipinski definition) is 6. The number of aromatic nitrogens is 2. The van der Waals surface area contributed by atoms with Gasteiger partial charge in [-0.15, -0.1) is 0 Å². The number of alkyl halides is 3. The van der Waals surface area contributed by atoms with E-state index in [9.17, 15) is 18.0 Å². The van der Waals surface area contributed by atoms with Gasteiger partial charge in [0.15, 0.2) is 0 Å². The van der Waals surface area contributed by atoms with Gasteiger partial charge in [-0.25, -0.2) is 9.97 Å². The zero-order valence-corrected chi connectivity index (χ0v) is 18.5. The second-order valence-corrected chi connectivity index (χ2v) is 7.19. The third-order valence-corrected chi connectivity index (χ3v) is 4.76. The highest BCUT2D eigenvalue weighted by atomic mass is 19.4. The minimum atomic E-state index is -4.68. The predicted molar refractivity (Wildman–Crippen MR) is 125 cm³/mol. The molecular formula is C24H23F3N6O. The number of amides is 1. The van der Waals surface area contributed by atoms with Gasteiger partial charge in [0.2, 0.25) is 0 Å². The van der Waals surface area contributed by atoms with Gasteiger partial charge in [0.1, 0.15) is 5.82 Å². The minimum absolute atomic E-state index is 0.0380. The Morgan fingerprint density at radius 2 is 1.85 bits per heavy atom. The third-order valence-electron chi connectivity index (χ3n) is 4.76. The molecule has 0 saturated heterocycles. The standard InChI is InChI=1S/C24H23F3N6O/c1-29-11-10-19(28)17-12-16(8-9-18(17)24(25,26)27)23(34)32-20-13-31-21(14-30-2)33-22(20)15-6-4-3-5-7-15/h3-13,28-30H,14H2,1-2H3,(H,32,34)/b11-10-,28-19?. The predicted octanol–water partition coefficient (Wildman–Crippen LogP) is 4.24. The highest BCUT2D eigenvalue weighted by Crippen LogP contribution is 2.33. The summed E-state index contributed by atoms with van der Waals surface area (Å²) < 4.78 is 40.5. The van der Waals surface area contributed by atoms with E-state index in [4.69, 9.17) is 5.41 Å². The number of halogens is 3. The van der Waals surface area contributed by atoms with Crippen molar-refractivity contribution in [3.05, 3.63) is 89.5 Å². The van der Waals surface area contributed by atoms with E-state index in [0.717, 1.165) is 23.8 Å². The quantitative estimate of drug-likeness (QED) is 0.371. The van der Waals surface area contributed by atoms with Gasteiger partial charge in [-0.05, 0) is 37.5 Å². The van der Waals surface area contributed by atoms with E-state index in [2.05, 4.69) is 25.9 Å². The molecule has 0 radical (unpaired) electrons. The molecule has 1 heterocycles. The molecule has 1 aromatic heterocycles. The topological polar surface area (TPSA) is 103 Å². The summed E-state index contributed by atoms with van der Waals surface area (Å²) in [5, 5.41) is 16.3. The molecule has 7 nitrogen and oxygen atoms in total. The van der Waals surface area contributed by atoms with Crippen LogP contribution in [0.4, 0.5) is 18.9 Å². The minimum Gasteiger partial charge on any atom is -0.394 e. The van der Waals surface area contributed by atoms with Crippen LogP contribution in [0, 0.1) is 5.41 Å². The molecular weight excluding hydrogens is 445 g/mol. The molecule has 0 spiro atoms. The molecule has 4 N–H and O–H groups in total. The van der Waals surface area contributed by atoms with Gasteiger partial charge < -0.3 is 21.4 Å². The lowest BCUT2D eigenvalue weighted by Crippen LogP contribution is -2.18. The Bertz CT molecular complexity index is 1210.